The predicted octanol–water partition coefficient (Wildman–Crippen LogP) is 2.48. The van der Waals surface area contributed by atoms with E-state index < -0.39 is 0 Å². The van der Waals surface area contributed by atoms with E-state index in [4.69, 9.17) is 9.84 Å². The molecule has 0 unspecified atom stereocenters. The number of hydrogen-bond acceptors (Lipinski definition) is 3. The van der Waals surface area contributed by atoms with Crippen molar-refractivity contribution in [3.8, 4) is 5.75 Å². The van der Waals surface area contributed by atoms with E-state index in [1.54, 1.807) is 0 Å². The topological polar surface area (TPSA) is 32.7 Å². The Kier molecular flexibility index (Phi) is 3.69. The summed E-state index contributed by atoms with van der Waals surface area (Å²) in [6, 6.07) is 6.19. The van der Waals surface area contributed by atoms with Crippen LogP contribution in [0.4, 0.5) is 5.69 Å². The molecule has 0 amide bonds. The number of rotatable bonds is 4. The van der Waals surface area contributed by atoms with E-state index in [-0.39, 0.29) is 6.61 Å². The van der Waals surface area contributed by atoms with Gasteiger partial charge in [0.05, 0.1) is 5.69 Å². The Labute approximate surface area is 102 Å². The van der Waals surface area contributed by atoms with E-state index in [1.807, 2.05) is 6.07 Å². The minimum absolute atomic E-state index is 0.248. The summed E-state index contributed by atoms with van der Waals surface area (Å²) in [4.78, 5) is 2.20. The van der Waals surface area contributed by atoms with Gasteiger partial charge >= 0.3 is 0 Å². The molecule has 0 saturated heterocycles. The lowest BCUT2D eigenvalue weighted by molar-refractivity contribution is 0.284. The summed E-state index contributed by atoms with van der Waals surface area (Å²) >= 11 is 0. The summed E-state index contributed by atoms with van der Waals surface area (Å²) < 4.78 is 5.64. The third-order valence-corrected chi connectivity index (χ3v) is 2.97. The second-order valence-electron chi connectivity index (χ2n) is 4.41. The van der Waals surface area contributed by atoms with Gasteiger partial charge in [-0.1, -0.05) is 12.6 Å². The Balaban J connectivity index is 2.20. The van der Waals surface area contributed by atoms with Gasteiger partial charge in [0.25, 0.3) is 0 Å². The molecule has 3 nitrogen and oxygen atoms in total. The molecule has 17 heavy (non-hydrogen) atoms. The Bertz CT molecular complexity index is 415. The number of benzene rings is 1. The van der Waals surface area contributed by atoms with Gasteiger partial charge in [-0.2, -0.15) is 0 Å². The Hall–Kier alpha value is -1.48. The van der Waals surface area contributed by atoms with Crippen LogP contribution in [0.15, 0.2) is 30.5 Å². The maximum absolute atomic E-state index is 8.84. The zero-order valence-electron chi connectivity index (χ0n) is 10.3. The van der Waals surface area contributed by atoms with Crippen LogP contribution in [0.2, 0.25) is 0 Å². The Morgan fingerprint density at radius 1 is 1.41 bits per heavy atom. The Morgan fingerprint density at radius 3 is 3.00 bits per heavy atom. The van der Waals surface area contributed by atoms with E-state index in [9.17, 15) is 0 Å². The predicted molar refractivity (Wildman–Crippen MR) is 69.5 cm³/mol. The second kappa shape index (κ2) is 5.23. The van der Waals surface area contributed by atoms with Crippen LogP contribution >= 0.6 is 0 Å². The monoisotopic (exact) mass is 233 g/mol. The summed E-state index contributed by atoms with van der Waals surface area (Å²) in [6.07, 6.45) is 1.79. The smallest absolute Gasteiger partial charge is 0.143 e. The summed E-state index contributed by atoms with van der Waals surface area (Å²) in [5.74, 6) is 0.923. The van der Waals surface area contributed by atoms with Crippen LogP contribution in [-0.4, -0.2) is 24.9 Å². The molecule has 0 aliphatic carbocycles. The van der Waals surface area contributed by atoms with Crippen molar-refractivity contribution in [1.82, 2.24) is 0 Å². The lowest BCUT2D eigenvalue weighted by atomic mass is 10.1. The first-order valence-electron chi connectivity index (χ1n) is 6.02. The zero-order chi connectivity index (χ0) is 12.3. The fraction of sp³-hybridized carbons (Fsp3) is 0.429. The summed E-state index contributed by atoms with van der Waals surface area (Å²) in [7, 11) is 0. The van der Waals surface area contributed by atoms with Crippen LogP contribution in [0.3, 0.4) is 0 Å². The van der Waals surface area contributed by atoms with Gasteiger partial charge in [-0.25, -0.2) is 0 Å². The standard InChI is InChI=1S/C14H19NO2/c1-11-5-6-14-13(9-11)15(7-3-4-8-16)12(2)10-17-14/h5-6,9,16H,2-4,7-8,10H2,1H3. The van der Waals surface area contributed by atoms with Crippen molar-refractivity contribution in [2.75, 3.05) is 24.7 Å². The van der Waals surface area contributed by atoms with Crippen LogP contribution in [0, 0.1) is 6.92 Å². The highest BCUT2D eigenvalue weighted by molar-refractivity contribution is 5.65. The molecule has 0 atom stereocenters. The van der Waals surface area contributed by atoms with E-state index in [1.165, 1.54) is 5.56 Å². The summed E-state index contributed by atoms with van der Waals surface area (Å²) in [6.45, 7) is 7.80. The molecule has 1 heterocycles. The molecule has 0 radical (unpaired) electrons. The quantitative estimate of drug-likeness (QED) is 0.811. The van der Waals surface area contributed by atoms with Gasteiger partial charge in [0.2, 0.25) is 0 Å². The first-order valence-corrected chi connectivity index (χ1v) is 6.02. The SMILES string of the molecule is C=C1COc2ccc(C)cc2N1CCCCO. The molecule has 1 aliphatic heterocycles. The molecule has 0 saturated carbocycles. The lowest BCUT2D eigenvalue weighted by Gasteiger charge is -2.33. The molecule has 0 aromatic heterocycles. The van der Waals surface area contributed by atoms with E-state index in [0.717, 1.165) is 36.5 Å². The molecule has 0 bridgehead atoms. The number of aryl methyl sites for hydroxylation is 1. The maximum atomic E-state index is 8.84. The normalized spacial score (nSPS) is 14.5. The zero-order valence-corrected chi connectivity index (χ0v) is 10.3. The minimum Gasteiger partial charge on any atom is -0.485 e. The molecule has 0 fully saturated rings. The van der Waals surface area contributed by atoms with Crippen molar-refractivity contribution in [3.05, 3.63) is 36.0 Å². The average Bonchev–Trinajstić information content (AvgIpc) is 2.32. The molecular weight excluding hydrogens is 214 g/mol. The van der Waals surface area contributed by atoms with E-state index in [0.29, 0.717) is 6.61 Å². The average molecular weight is 233 g/mol. The number of anilines is 1. The molecule has 1 aromatic rings. The third-order valence-electron chi connectivity index (χ3n) is 2.97. The van der Waals surface area contributed by atoms with Crippen LogP contribution in [0.5, 0.6) is 5.75 Å². The van der Waals surface area contributed by atoms with Crippen molar-refractivity contribution in [2.45, 2.75) is 19.8 Å². The number of aliphatic hydroxyl groups excluding tert-OH is 1. The number of ether oxygens (including phenoxy) is 1. The molecule has 2 rings (SSSR count). The van der Waals surface area contributed by atoms with E-state index in [2.05, 4.69) is 30.5 Å². The molecule has 0 spiro atoms. The lowest BCUT2D eigenvalue weighted by Crippen LogP contribution is -2.31. The van der Waals surface area contributed by atoms with Gasteiger partial charge in [0, 0.05) is 18.8 Å². The highest BCUT2D eigenvalue weighted by Gasteiger charge is 2.20. The fourth-order valence-corrected chi connectivity index (χ4v) is 2.03. The van der Waals surface area contributed by atoms with Gasteiger partial charge in [-0.3, -0.25) is 0 Å². The molecule has 92 valence electrons. The molecule has 1 aromatic carbocycles. The van der Waals surface area contributed by atoms with Gasteiger partial charge in [0.1, 0.15) is 12.4 Å². The first kappa shape index (κ1) is 12.0. The van der Waals surface area contributed by atoms with Gasteiger partial charge < -0.3 is 14.7 Å². The van der Waals surface area contributed by atoms with Crippen molar-refractivity contribution in [2.24, 2.45) is 0 Å². The van der Waals surface area contributed by atoms with Crippen molar-refractivity contribution >= 4 is 5.69 Å². The molecule has 3 heteroatoms. The van der Waals surface area contributed by atoms with Crippen molar-refractivity contribution < 1.29 is 9.84 Å². The van der Waals surface area contributed by atoms with Gasteiger partial charge in [-0.05, 0) is 37.5 Å². The Morgan fingerprint density at radius 2 is 2.24 bits per heavy atom. The third kappa shape index (κ3) is 2.61. The highest BCUT2D eigenvalue weighted by Crippen LogP contribution is 2.35. The van der Waals surface area contributed by atoms with Crippen LogP contribution < -0.4 is 9.64 Å². The second-order valence-corrected chi connectivity index (χ2v) is 4.41. The van der Waals surface area contributed by atoms with Crippen molar-refractivity contribution in [3.63, 3.8) is 0 Å². The number of nitrogens with zero attached hydrogens (tertiary/aromatic N) is 1. The highest BCUT2D eigenvalue weighted by atomic mass is 16.5. The van der Waals surface area contributed by atoms with Crippen LogP contribution in [0.1, 0.15) is 18.4 Å². The number of aliphatic hydroxyl groups is 1. The molecule has 1 N–H and O–H groups in total. The fourth-order valence-electron chi connectivity index (χ4n) is 2.03. The first-order chi connectivity index (χ1) is 8.22. The molecule has 1 aliphatic rings. The number of unbranched alkanes of at least 4 members (excludes halogenated alkanes) is 1. The van der Waals surface area contributed by atoms with Gasteiger partial charge in [0.15, 0.2) is 0 Å². The number of fused-ring (bicyclic) bond motifs is 1. The maximum Gasteiger partial charge on any atom is 0.143 e. The largest absolute Gasteiger partial charge is 0.485 e. The minimum atomic E-state index is 0.248. The molecular formula is C14H19NO2. The van der Waals surface area contributed by atoms with Crippen molar-refractivity contribution in [1.29, 1.82) is 0 Å². The number of hydrogen-bond donors (Lipinski definition) is 1. The van der Waals surface area contributed by atoms with E-state index >= 15 is 0 Å². The summed E-state index contributed by atoms with van der Waals surface area (Å²) in [5.41, 5.74) is 3.30. The van der Waals surface area contributed by atoms with Gasteiger partial charge in [-0.15, -0.1) is 0 Å². The summed E-state index contributed by atoms with van der Waals surface area (Å²) in [5, 5.41) is 8.84. The van der Waals surface area contributed by atoms with Crippen LogP contribution in [-0.2, 0) is 0 Å². The van der Waals surface area contributed by atoms with Crippen LogP contribution in [0.25, 0.3) is 0 Å².